The standard InChI is InChI=1S/C23H23N5O4/c1-15-3-2-10-28-13-17(24-19(15)28)14-32-18-6-4-16(5-7-18)20(29)27-11-8-23(9-12-27)21(30)25-22(31)26-23/h2-7,10,13H,8-9,11-12,14H2,1H3,(H2,25,26,30,31). The van der Waals surface area contributed by atoms with E-state index in [2.05, 4.69) is 15.6 Å². The number of carbonyl (C=O) groups is 3. The van der Waals surface area contributed by atoms with Gasteiger partial charge >= 0.3 is 6.03 Å². The molecule has 164 valence electrons. The van der Waals surface area contributed by atoms with Crippen molar-refractivity contribution in [3.63, 3.8) is 0 Å². The monoisotopic (exact) mass is 433 g/mol. The van der Waals surface area contributed by atoms with Crippen LogP contribution in [0, 0.1) is 6.92 Å². The smallest absolute Gasteiger partial charge is 0.322 e. The fraction of sp³-hybridized carbons (Fsp3) is 0.304. The minimum atomic E-state index is -0.887. The number of hydrogen-bond acceptors (Lipinski definition) is 5. The molecule has 1 spiro atoms. The Labute approximate surface area is 184 Å². The fourth-order valence-corrected chi connectivity index (χ4v) is 4.28. The highest BCUT2D eigenvalue weighted by molar-refractivity contribution is 6.07. The Bertz CT molecular complexity index is 1210. The molecule has 2 aliphatic rings. The summed E-state index contributed by atoms with van der Waals surface area (Å²) in [6.07, 6.45) is 4.69. The predicted octanol–water partition coefficient (Wildman–Crippen LogP) is 2.04. The van der Waals surface area contributed by atoms with Gasteiger partial charge in [0.2, 0.25) is 0 Å². The molecule has 2 aromatic heterocycles. The highest BCUT2D eigenvalue weighted by Gasteiger charge is 2.48. The van der Waals surface area contributed by atoms with Gasteiger partial charge in [0.05, 0.1) is 5.69 Å². The Balaban J connectivity index is 1.19. The van der Waals surface area contributed by atoms with Crippen LogP contribution in [-0.4, -0.2) is 50.8 Å². The van der Waals surface area contributed by atoms with E-state index in [1.54, 1.807) is 29.2 Å². The molecule has 0 atom stereocenters. The number of ether oxygens (including phenoxy) is 1. The summed E-state index contributed by atoms with van der Waals surface area (Å²) < 4.78 is 7.81. The van der Waals surface area contributed by atoms with Crippen molar-refractivity contribution in [1.82, 2.24) is 24.9 Å². The second kappa shape index (κ2) is 7.67. The first-order valence-corrected chi connectivity index (χ1v) is 10.5. The average molecular weight is 433 g/mol. The molecule has 0 bridgehead atoms. The van der Waals surface area contributed by atoms with E-state index in [-0.39, 0.29) is 11.8 Å². The molecule has 9 heteroatoms. The maximum absolute atomic E-state index is 12.9. The van der Waals surface area contributed by atoms with E-state index in [4.69, 9.17) is 4.74 Å². The first kappa shape index (κ1) is 20.0. The van der Waals surface area contributed by atoms with Crippen molar-refractivity contribution in [2.24, 2.45) is 0 Å². The summed E-state index contributed by atoms with van der Waals surface area (Å²) in [6.45, 7) is 3.15. The van der Waals surface area contributed by atoms with Crippen LogP contribution in [-0.2, 0) is 11.4 Å². The van der Waals surface area contributed by atoms with Gasteiger partial charge in [0.1, 0.15) is 23.5 Å². The number of pyridine rings is 1. The summed E-state index contributed by atoms with van der Waals surface area (Å²) in [7, 11) is 0. The zero-order valence-corrected chi connectivity index (χ0v) is 17.6. The number of amides is 4. The molecule has 0 aliphatic carbocycles. The number of hydrogen-bond donors (Lipinski definition) is 2. The van der Waals surface area contributed by atoms with Crippen LogP contribution in [0.5, 0.6) is 5.75 Å². The number of rotatable bonds is 4. The maximum atomic E-state index is 12.9. The number of imide groups is 1. The number of fused-ring (bicyclic) bond motifs is 1. The molecule has 5 rings (SSSR count). The average Bonchev–Trinajstić information content (AvgIpc) is 3.33. The van der Waals surface area contributed by atoms with Crippen LogP contribution in [0.4, 0.5) is 4.79 Å². The fourth-order valence-electron chi connectivity index (χ4n) is 4.28. The highest BCUT2D eigenvalue weighted by Crippen LogP contribution is 2.26. The molecule has 9 nitrogen and oxygen atoms in total. The first-order chi connectivity index (χ1) is 15.4. The molecular formula is C23H23N5O4. The second-order valence-corrected chi connectivity index (χ2v) is 8.25. The SMILES string of the molecule is Cc1cccn2cc(COc3ccc(C(=O)N4CCC5(CC4)NC(=O)NC5=O)cc3)nc12. The molecule has 0 saturated carbocycles. The Morgan fingerprint density at radius 2 is 1.91 bits per heavy atom. The minimum Gasteiger partial charge on any atom is -0.487 e. The van der Waals surface area contributed by atoms with Gasteiger partial charge in [-0.05, 0) is 55.7 Å². The first-order valence-electron chi connectivity index (χ1n) is 10.5. The number of likely N-dealkylation sites (tertiary alicyclic amines) is 1. The van der Waals surface area contributed by atoms with Crippen molar-refractivity contribution in [3.05, 3.63) is 65.6 Å². The third-order valence-electron chi connectivity index (χ3n) is 6.13. The van der Waals surface area contributed by atoms with E-state index in [1.165, 1.54) is 0 Å². The zero-order chi connectivity index (χ0) is 22.3. The van der Waals surface area contributed by atoms with Gasteiger partial charge in [-0.3, -0.25) is 14.9 Å². The molecular weight excluding hydrogens is 410 g/mol. The quantitative estimate of drug-likeness (QED) is 0.613. The van der Waals surface area contributed by atoms with Gasteiger partial charge in [-0.1, -0.05) is 6.07 Å². The molecule has 2 saturated heterocycles. The number of carbonyl (C=O) groups excluding carboxylic acids is 3. The predicted molar refractivity (Wildman–Crippen MR) is 115 cm³/mol. The molecule has 2 aliphatic heterocycles. The maximum Gasteiger partial charge on any atom is 0.322 e. The summed E-state index contributed by atoms with van der Waals surface area (Å²) in [5, 5.41) is 4.99. The van der Waals surface area contributed by atoms with E-state index in [0.29, 0.717) is 43.9 Å². The van der Waals surface area contributed by atoms with E-state index >= 15 is 0 Å². The van der Waals surface area contributed by atoms with Gasteiger partial charge in [-0.25, -0.2) is 9.78 Å². The number of aromatic nitrogens is 2. The van der Waals surface area contributed by atoms with Crippen molar-refractivity contribution >= 4 is 23.5 Å². The van der Waals surface area contributed by atoms with Crippen molar-refractivity contribution in [3.8, 4) is 5.75 Å². The molecule has 0 unspecified atom stereocenters. The summed E-state index contributed by atoms with van der Waals surface area (Å²) >= 11 is 0. The van der Waals surface area contributed by atoms with Crippen LogP contribution in [0.2, 0.25) is 0 Å². The number of urea groups is 1. The van der Waals surface area contributed by atoms with E-state index in [1.807, 2.05) is 35.9 Å². The van der Waals surface area contributed by atoms with Gasteiger partial charge in [0.25, 0.3) is 11.8 Å². The number of nitrogens with zero attached hydrogens (tertiary/aromatic N) is 3. The van der Waals surface area contributed by atoms with Gasteiger partial charge in [-0.15, -0.1) is 0 Å². The van der Waals surface area contributed by atoms with Crippen LogP contribution in [0.15, 0.2) is 48.8 Å². The molecule has 3 aromatic rings. The third kappa shape index (κ3) is 3.55. The molecule has 4 amide bonds. The van der Waals surface area contributed by atoms with Crippen LogP contribution in [0.3, 0.4) is 0 Å². The van der Waals surface area contributed by atoms with Crippen LogP contribution in [0.1, 0.15) is 34.5 Å². The third-order valence-corrected chi connectivity index (χ3v) is 6.13. The second-order valence-electron chi connectivity index (χ2n) is 8.25. The lowest BCUT2D eigenvalue weighted by molar-refractivity contribution is -0.125. The lowest BCUT2D eigenvalue weighted by Crippen LogP contribution is -2.55. The van der Waals surface area contributed by atoms with Crippen molar-refractivity contribution < 1.29 is 19.1 Å². The number of imidazole rings is 1. The van der Waals surface area contributed by atoms with E-state index in [9.17, 15) is 14.4 Å². The zero-order valence-electron chi connectivity index (χ0n) is 17.6. The topological polar surface area (TPSA) is 105 Å². The van der Waals surface area contributed by atoms with Crippen LogP contribution < -0.4 is 15.4 Å². The lowest BCUT2D eigenvalue weighted by Gasteiger charge is -2.37. The molecule has 2 N–H and O–H groups in total. The van der Waals surface area contributed by atoms with Crippen LogP contribution in [0.25, 0.3) is 5.65 Å². The van der Waals surface area contributed by atoms with E-state index < -0.39 is 11.6 Å². The molecule has 0 radical (unpaired) electrons. The summed E-state index contributed by atoms with van der Waals surface area (Å²) in [6, 6.07) is 10.5. The van der Waals surface area contributed by atoms with Gasteiger partial charge in [-0.2, -0.15) is 0 Å². The Hall–Kier alpha value is -3.88. The van der Waals surface area contributed by atoms with E-state index in [0.717, 1.165) is 16.9 Å². The van der Waals surface area contributed by atoms with Crippen molar-refractivity contribution in [2.75, 3.05) is 13.1 Å². The minimum absolute atomic E-state index is 0.105. The van der Waals surface area contributed by atoms with Gasteiger partial charge in [0.15, 0.2) is 0 Å². The largest absolute Gasteiger partial charge is 0.487 e. The molecule has 2 fully saturated rings. The number of benzene rings is 1. The van der Waals surface area contributed by atoms with Crippen molar-refractivity contribution in [1.29, 1.82) is 0 Å². The number of aryl methyl sites for hydroxylation is 1. The Morgan fingerprint density at radius 1 is 1.16 bits per heavy atom. The number of piperidine rings is 1. The summed E-state index contributed by atoms with van der Waals surface area (Å²) in [5.41, 5.74) is 2.50. The Kier molecular flexibility index (Phi) is 4.80. The Morgan fingerprint density at radius 3 is 2.56 bits per heavy atom. The normalized spacial score (nSPS) is 17.5. The van der Waals surface area contributed by atoms with Gasteiger partial charge < -0.3 is 19.4 Å². The molecule has 1 aromatic carbocycles. The number of nitrogens with one attached hydrogen (secondary N) is 2. The molecule has 32 heavy (non-hydrogen) atoms. The van der Waals surface area contributed by atoms with Gasteiger partial charge in [0, 0.05) is 31.0 Å². The van der Waals surface area contributed by atoms with Crippen LogP contribution >= 0.6 is 0 Å². The summed E-state index contributed by atoms with van der Waals surface area (Å²) in [4.78, 5) is 42.7. The summed E-state index contributed by atoms with van der Waals surface area (Å²) in [5.74, 6) is 0.238. The molecule has 4 heterocycles. The lowest BCUT2D eigenvalue weighted by atomic mass is 9.87. The highest BCUT2D eigenvalue weighted by atomic mass is 16.5. The van der Waals surface area contributed by atoms with Crippen molar-refractivity contribution in [2.45, 2.75) is 31.9 Å².